The third-order valence-corrected chi connectivity index (χ3v) is 3.94. The first-order chi connectivity index (χ1) is 12.9. The molecule has 148 valence electrons. The van der Waals surface area contributed by atoms with E-state index in [9.17, 15) is 44.5 Å². The predicted molar refractivity (Wildman–Crippen MR) is 73.1 cm³/mol. The minimum Gasteiger partial charge on any atom is -0.532 e. The van der Waals surface area contributed by atoms with Crippen LogP contribution < -0.4 is 4.65 Å². The van der Waals surface area contributed by atoms with Crippen LogP contribution >= 0.6 is 0 Å². The first-order valence-electron chi connectivity index (χ1n) is 7.04. The topological polar surface area (TPSA) is 29.5 Å². The average Bonchev–Trinajstić information content (AvgIpc) is 2.87. The largest absolute Gasteiger partial charge is 0.575 e. The van der Waals surface area contributed by atoms with Crippen LogP contribution in [0.15, 0.2) is 18.0 Å². The molecule has 0 aromatic heterocycles. The fourth-order valence-corrected chi connectivity index (χ4v) is 2.59. The number of benzene rings is 2. The molecular formula is C15H3BF10O2. The number of alkyl halides is 1. The summed E-state index contributed by atoms with van der Waals surface area (Å²) in [5, 5.41) is 9.73. The summed E-state index contributed by atoms with van der Waals surface area (Å²) in [6.07, 6.45) is 0. The maximum atomic E-state index is 15.1. The van der Waals surface area contributed by atoms with Crippen molar-refractivity contribution >= 4 is 12.9 Å². The quantitative estimate of drug-likeness (QED) is 0.345. The molecule has 0 bridgehead atoms. The summed E-state index contributed by atoms with van der Waals surface area (Å²) in [5.74, 6) is -23.1. The molecule has 13 heteroatoms. The zero-order chi connectivity index (χ0) is 21.1. The zero-order valence-electron chi connectivity index (χ0n) is 12.9. The van der Waals surface area contributed by atoms with Crippen LogP contribution in [0.1, 0.15) is 11.1 Å². The SMILES string of the molecule is OB(Oc1ccc(F)c(F)c1F)C1(F)C(F)=C(F)c2c(F)c(F)c(F)c(F)c21. The highest BCUT2D eigenvalue weighted by Crippen LogP contribution is 2.52. The zero-order valence-corrected chi connectivity index (χ0v) is 12.9. The Hall–Kier alpha value is -2.70. The molecule has 28 heavy (non-hydrogen) atoms. The molecule has 1 atom stereocenters. The molecule has 1 unspecified atom stereocenters. The minimum atomic E-state index is -4.52. The Labute approximate surface area is 148 Å². The number of halogens is 10. The minimum absolute atomic E-state index is 0.246. The van der Waals surface area contributed by atoms with E-state index < -0.39 is 81.9 Å². The van der Waals surface area contributed by atoms with Gasteiger partial charge in [0.15, 0.2) is 46.6 Å². The van der Waals surface area contributed by atoms with Crippen LogP contribution in [0.2, 0.25) is 0 Å². The van der Waals surface area contributed by atoms with E-state index in [1.807, 2.05) is 0 Å². The van der Waals surface area contributed by atoms with Crippen molar-refractivity contribution in [2.45, 2.75) is 5.57 Å². The molecule has 0 saturated heterocycles. The molecule has 2 nitrogen and oxygen atoms in total. The Morgan fingerprint density at radius 3 is 1.93 bits per heavy atom. The Kier molecular flexibility index (Phi) is 4.61. The number of fused-ring (bicyclic) bond motifs is 1. The second-order valence-electron chi connectivity index (χ2n) is 5.49. The molecule has 0 aliphatic heterocycles. The van der Waals surface area contributed by atoms with E-state index in [1.165, 1.54) is 0 Å². The lowest BCUT2D eigenvalue weighted by Gasteiger charge is -2.24. The van der Waals surface area contributed by atoms with Gasteiger partial charge in [-0.1, -0.05) is 0 Å². The van der Waals surface area contributed by atoms with Crippen molar-refractivity contribution in [3.8, 4) is 5.75 Å². The summed E-state index contributed by atoms with van der Waals surface area (Å²) in [5.41, 5.74) is -8.67. The number of allylic oxidation sites excluding steroid dienone is 1. The molecule has 0 radical (unpaired) electrons. The van der Waals surface area contributed by atoms with Crippen LogP contribution in [0.4, 0.5) is 43.9 Å². The van der Waals surface area contributed by atoms with Gasteiger partial charge in [0.1, 0.15) is 5.75 Å². The summed E-state index contributed by atoms with van der Waals surface area (Å²) >= 11 is 0. The lowest BCUT2D eigenvalue weighted by atomic mass is 9.65. The maximum absolute atomic E-state index is 15.1. The van der Waals surface area contributed by atoms with Crippen LogP contribution in [0, 0.1) is 40.7 Å². The average molecular weight is 416 g/mol. The van der Waals surface area contributed by atoms with Crippen LogP contribution in [-0.2, 0) is 5.57 Å². The number of hydrogen-bond acceptors (Lipinski definition) is 2. The molecule has 1 aliphatic carbocycles. The molecule has 0 saturated carbocycles. The van der Waals surface area contributed by atoms with E-state index >= 15 is 4.39 Å². The summed E-state index contributed by atoms with van der Waals surface area (Å²) < 4.78 is 141. The van der Waals surface area contributed by atoms with E-state index in [0.717, 1.165) is 0 Å². The lowest BCUT2D eigenvalue weighted by Crippen LogP contribution is -2.45. The van der Waals surface area contributed by atoms with Crippen LogP contribution in [-0.4, -0.2) is 12.1 Å². The van der Waals surface area contributed by atoms with Gasteiger partial charge in [0, 0.05) is 5.56 Å². The predicted octanol–water partition coefficient (Wildman–Crippen LogP) is 4.55. The second kappa shape index (κ2) is 6.43. The fourth-order valence-electron chi connectivity index (χ4n) is 2.59. The summed E-state index contributed by atoms with van der Waals surface area (Å²) in [4.78, 5) is 0. The monoisotopic (exact) mass is 416 g/mol. The molecule has 1 N–H and O–H groups in total. The summed E-state index contributed by atoms with van der Waals surface area (Å²) in [7, 11) is -3.46. The number of rotatable bonds is 3. The highest BCUT2D eigenvalue weighted by Gasteiger charge is 2.62. The smallest absolute Gasteiger partial charge is 0.532 e. The Morgan fingerprint density at radius 2 is 1.32 bits per heavy atom. The Bertz CT molecular complexity index is 1040. The molecule has 1 aliphatic rings. The highest BCUT2D eigenvalue weighted by atomic mass is 19.2. The summed E-state index contributed by atoms with van der Waals surface area (Å²) in [6.45, 7) is 0. The first kappa shape index (κ1) is 20.0. The second-order valence-corrected chi connectivity index (χ2v) is 5.49. The van der Waals surface area contributed by atoms with Crippen molar-refractivity contribution < 1.29 is 53.6 Å². The molecule has 2 aromatic carbocycles. The third-order valence-electron chi connectivity index (χ3n) is 3.94. The first-order valence-corrected chi connectivity index (χ1v) is 7.04. The normalized spacial score (nSPS) is 18.5. The van der Waals surface area contributed by atoms with Crippen molar-refractivity contribution in [2.75, 3.05) is 0 Å². The van der Waals surface area contributed by atoms with Crippen molar-refractivity contribution in [3.63, 3.8) is 0 Å². The van der Waals surface area contributed by atoms with Gasteiger partial charge in [0.05, 0.1) is 5.56 Å². The van der Waals surface area contributed by atoms with Gasteiger partial charge in [-0.3, -0.25) is 0 Å². The van der Waals surface area contributed by atoms with E-state index in [0.29, 0.717) is 6.07 Å². The van der Waals surface area contributed by atoms with Gasteiger partial charge in [-0.15, -0.1) is 0 Å². The molecule has 0 heterocycles. The van der Waals surface area contributed by atoms with E-state index in [-0.39, 0.29) is 6.07 Å². The molecule has 0 spiro atoms. The molecule has 3 rings (SSSR count). The van der Waals surface area contributed by atoms with Gasteiger partial charge in [-0.25, -0.2) is 39.5 Å². The standard InChI is InChI=1S/C15H3BF10O2/c17-3-1-2-4(8(19)7(3)18)28-16(27)15(26)6-5(10(21)14(15)25)9(20)12(23)13(24)11(6)22/h1-2,27H. The van der Waals surface area contributed by atoms with Gasteiger partial charge in [0.25, 0.3) is 0 Å². The van der Waals surface area contributed by atoms with Crippen LogP contribution in [0.3, 0.4) is 0 Å². The Balaban J connectivity index is 2.17. The van der Waals surface area contributed by atoms with Gasteiger partial charge in [0.2, 0.25) is 11.4 Å². The highest BCUT2D eigenvalue weighted by molar-refractivity contribution is 6.49. The molecule has 0 fully saturated rings. The van der Waals surface area contributed by atoms with Crippen molar-refractivity contribution in [1.29, 1.82) is 0 Å². The van der Waals surface area contributed by atoms with E-state index in [2.05, 4.69) is 4.65 Å². The van der Waals surface area contributed by atoms with Gasteiger partial charge >= 0.3 is 7.12 Å². The Morgan fingerprint density at radius 1 is 0.750 bits per heavy atom. The molecular weight excluding hydrogens is 413 g/mol. The van der Waals surface area contributed by atoms with Gasteiger partial charge in [-0.2, -0.15) is 4.39 Å². The van der Waals surface area contributed by atoms with Crippen molar-refractivity contribution in [2.24, 2.45) is 0 Å². The third kappa shape index (κ3) is 2.49. The maximum Gasteiger partial charge on any atom is 0.575 e. The lowest BCUT2D eigenvalue weighted by molar-refractivity contribution is 0.202. The van der Waals surface area contributed by atoms with Gasteiger partial charge < -0.3 is 9.68 Å². The number of hydrogen-bond donors (Lipinski definition) is 1. The molecule has 0 amide bonds. The van der Waals surface area contributed by atoms with E-state index in [1.54, 1.807) is 0 Å². The van der Waals surface area contributed by atoms with Crippen molar-refractivity contribution in [3.05, 3.63) is 69.8 Å². The van der Waals surface area contributed by atoms with Crippen LogP contribution in [0.5, 0.6) is 5.75 Å². The van der Waals surface area contributed by atoms with Gasteiger partial charge in [-0.05, 0) is 12.1 Å². The van der Waals surface area contributed by atoms with Crippen molar-refractivity contribution in [1.82, 2.24) is 0 Å². The molecule has 2 aromatic rings. The summed E-state index contributed by atoms with van der Waals surface area (Å²) in [6, 6.07) is 0.548. The fraction of sp³-hybridized carbons (Fsp3) is 0.0667. The van der Waals surface area contributed by atoms with E-state index in [4.69, 9.17) is 0 Å². The van der Waals surface area contributed by atoms with Crippen LogP contribution in [0.25, 0.3) is 5.83 Å².